The smallest absolute Gasteiger partial charge is 0.276 e. The van der Waals surface area contributed by atoms with E-state index in [-0.39, 0.29) is 43.6 Å². The second kappa shape index (κ2) is 14.2. The molecular formula is C30H34N6O7. The minimum atomic E-state index is -0.710. The quantitative estimate of drug-likeness (QED) is 0.123. The Bertz CT molecular complexity index is 1510. The topological polar surface area (TPSA) is 174 Å². The molecule has 5 rings (SSSR count). The van der Waals surface area contributed by atoms with E-state index in [0.29, 0.717) is 62.0 Å². The first-order valence-corrected chi connectivity index (χ1v) is 14.1. The molecule has 43 heavy (non-hydrogen) atoms. The molecule has 3 aromatic rings. The fourth-order valence-corrected chi connectivity index (χ4v) is 5.03. The van der Waals surface area contributed by atoms with E-state index < -0.39 is 17.9 Å². The number of carbonyl (C=O) groups excluding carboxylic acids is 4. The first-order chi connectivity index (χ1) is 20.9. The molecule has 2 aromatic carbocycles. The van der Waals surface area contributed by atoms with Crippen molar-refractivity contribution >= 4 is 45.9 Å². The van der Waals surface area contributed by atoms with Crippen LogP contribution in [0.1, 0.15) is 39.3 Å². The van der Waals surface area contributed by atoms with Gasteiger partial charge in [-0.15, -0.1) is 0 Å². The molecule has 1 unspecified atom stereocenters. The van der Waals surface area contributed by atoms with E-state index in [2.05, 4.69) is 20.9 Å². The highest BCUT2D eigenvalue weighted by atomic mass is 16.5. The van der Waals surface area contributed by atoms with Crippen LogP contribution in [0.4, 0.5) is 11.4 Å². The number of carbonyl (C=O) groups is 4. The van der Waals surface area contributed by atoms with Crippen LogP contribution in [0.25, 0.3) is 10.9 Å². The summed E-state index contributed by atoms with van der Waals surface area (Å²) in [4.78, 5) is 56.6. The number of benzene rings is 2. The van der Waals surface area contributed by atoms with Crippen LogP contribution in [0.15, 0.2) is 48.5 Å². The number of nitrogens with zero attached hydrogens (tertiary/aromatic N) is 2. The fraction of sp³-hybridized carbons (Fsp3) is 0.367. The number of pyridine rings is 1. The van der Waals surface area contributed by atoms with Crippen LogP contribution in [-0.2, 0) is 30.3 Å². The van der Waals surface area contributed by atoms with Crippen LogP contribution in [0.3, 0.4) is 0 Å². The number of ether oxygens (including phenoxy) is 3. The lowest BCUT2D eigenvalue weighted by Gasteiger charge is -2.29. The summed E-state index contributed by atoms with van der Waals surface area (Å²) in [5.74, 6) is -1.58. The zero-order valence-corrected chi connectivity index (χ0v) is 23.6. The molecule has 4 amide bonds. The molecule has 0 spiro atoms. The molecular weight excluding hydrogens is 556 g/mol. The Hall–Kier alpha value is -4.43. The molecule has 3 heterocycles. The number of fused-ring (bicyclic) bond motifs is 2. The third-order valence-electron chi connectivity index (χ3n) is 7.15. The third-order valence-corrected chi connectivity index (χ3v) is 7.15. The maximum absolute atomic E-state index is 13.5. The van der Waals surface area contributed by atoms with Gasteiger partial charge >= 0.3 is 0 Å². The minimum Gasteiger partial charge on any atom is -0.381 e. The van der Waals surface area contributed by atoms with E-state index in [1.807, 2.05) is 30.3 Å². The molecule has 0 aliphatic carbocycles. The molecule has 1 atom stereocenters. The van der Waals surface area contributed by atoms with Gasteiger partial charge in [0.1, 0.15) is 6.04 Å². The minimum absolute atomic E-state index is 0.160. The second-order valence-electron chi connectivity index (χ2n) is 10.0. The molecule has 5 N–H and O–H groups in total. The lowest BCUT2D eigenvalue weighted by Crippen LogP contribution is -2.52. The fourth-order valence-electron chi connectivity index (χ4n) is 5.03. The predicted molar refractivity (Wildman–Crippen MR) is 157 cm³/mol. The Morgan fingerprint density at radius 3 is 2.56 bits per heavy atom. The molecule has 0 radical (unpaired) electrons. The van der Waals surface area contributed by atoms with Crippen molar-refractivity contribution in [1.82, 2.24) is 15.2 Å². The van der Waals surface area contributed by atoms with Crippen molar-refractivity contribution in [2.75, 3.05) is 56.9 Å². The lowest BCUT2D eigenvalue weighted by atomic mass is 10.0. The van der Waals surface area contributed by atoms with Gasteiger partial charge in [0, 0.05) is 36.1 Å². The summed E-state index contributed by atoms with van der Waals surface area (Å²) in [6.07, 6.45) is 0.458. The highest BCUT2D eigenvalue weighted by molar-refractivity contribution is 6.10. The zero-order valence-electron chi connectivity index (χ0n) is 23.6. The summed E-state index contributed by atoms with van der Waals surface area (Å²) in [5, 5.41) is 9.27. The summed E-state index contributed by atoms with van der Waals surface area (Å²) in [5.41, 5.74) is 8.22. The van der Waals surface area contributed by atoms with E-state index in [0.717, 1.165) is 10.9 Å². The van der Waals surface area contributed by atoms with Crippen LogP contribution in [0, 0.1) is 0 Å². The normalized spacial score (nSPS) is 16.3. The molecule has 2 aliphatic heterocycles. The van der Waals surface area contributed by atoms with Gasteiger partial charge in [-0.25, -0.2) is 4.98 Å². The van der Waals surface area contributed by atoms with Gasteiger partial charge in [-0.2, -0.15) is 0 Å². The molecule has 1 aromatic heterocycles. The molecule has 1 fully saturated rings. The van der Waals surface area contributed by atoms with Crippen LogP contribution in [-0.4, -0.2) is 85.9 Å². The average Bonchev–Trinajstić information content (AvgIpc) is 3.32. The summed E-state index contributed by atoms with van der Waals surface area (Å²) in [6.45, 7) is 2.93. The Kier molecular flexibility index (Phi) is 9.89. The van der Waals surface area contributed by atoms with Crippen molar-refractivity contribution in [1.29, 1.82) is 0 Å². The van der Waals surface area contributed by atoms with Crippen LogP contribution < -0.4 is 21.7 Å². The molecule has 0 saturated carbocycles. The predicted octanol–water partition coefficient (Wildman–Crippen LogP) is 1.63. The molecule has 1 saturated heterocycles. The molecule has 13 heteroatoms. The molecule has 0 bridgehead atoms. The monoisotopic (exact) mass is 590 g/mol. The van der Waals surface area contributed by atoms with E-state index in [4.69, 9.17) is 19.9 Å². The summed E-state index contributed by atoms with van der Waals surface area (Å²) in [6, 6.07) is 13.7. The molecule has 13 nitrogen and oxygen atoms in total. The average molecular weight is 591 g/mol. The largest absolute Gasteiger partial charge is 0.381 e. The van der Waals surface area contributed by atoms with Gasteiger partial charge in [-0.3, -0.25) is 24.5 Å². The Balaban J connectivity index is 1.22. The van der Waals surface area contributed by atoms with Crippen molar-refractivity contribution in [2.24, 2.45) is 5.73 Å². The van der Waals surface area contributed by atoms with E-state index in [1.54, 1.807) is 18.2 Å². The number of aromatic nitrogens is 1. The van der Waals surface area contributed by atoms with Gasteiger partial charge in [0.05, 0.1) is 51.0 Å². The Morgan fingerprint density at radius 1 is 1.00 bits per heavy atom. The van der Waals surface area contributed by atoms with E-state index in [9.17, 15) is 19.2 Å². The van der Waals surface area contributed by atoms with Gasteiger partial charge in [-0.05, 0) is 36.2 Å². The number of anilines is 2. The highest BCUT2D eigenvalue weighted by Crippen LogP contribution is 2.30. The van der Waals surface area contributed by atoms with Crippen LogP contribution in [0.5, 0.6) is 0 Å². The maximum Gasteiger partial charge on any atom is 0.276 e. The summed E-state index contributed by atoms with van der Waals surface area (Å²) in [7, 11) is 0. The Morgan fingerprint density at radius 2 is 1.77 bits per heavy atom. The van der Waals surface area contributed by atoms with Gasteiger partial charge < -0.3 is 35.5 Å². The van der Waals surface area contributed by atoms with Crippen molar-refractivity contribution in [2.45, 2.75) is 25.4 Å². The Labute approximate surface area is 248 Å². The lowest BCUT2D eigenvalue weighted by molar-refractivity contribution is -0.136. The van der Waals surface area contributed by atoms with Crippen molar-refractivity contribution in [3.63, 3.8) is 0 Å². The van der Waals surface area contributed by atoms with Gasteiger partial charge in [0.15, 0.2) is 5.69 Å². The number of hydrogen-bond donors (Lipinski definition) is 4. The molecule has 2 aliphatic rings. The number of amides is 4. The van der Waals surface area contributed by atoms with Crippen LogP contribution in [0.2, 0.25) is 0 Å². The highest BCUT2D eigenvalue weighted by Gasteiger charge is 2.39. The number of para-hydroxylation sites is 1. The van der Waals surface area contributed by atoms with Gasteiger partial charge in [0.25, 0.3) is 11.8 Å². The maximum atomic E-state index is 13.5. The zero-order chi connectivity index (χ0) is 30.2. The number of piperidine rings is 1. The van der Waals surface area contributed by atoms with Crippen LogP contribution >= 0.6 is 0 Å². The number of rotatable bonds is 14. The number of nitrogens with one attached hydrogen (secondary N) is 3. The van der Waals surface area contributed by atoms with E-state index in [1.165, 1.54) is 4.90 Å². The SMILES string of the molecule is NCOCCOCCOCCNc1cc2ccccc2nc1C(=O)Nc1ccc2c(c1)C(=O)N(C1CCC(=O)NC1=O)C2. The second-order valence-corrected chi connectivity index (χ2v) is 10.0. The first-order valence-electron chi connectivity index (χ1n) is 14.1. The summed E-state index contributed by atoms with van der Waals surface area (Å²) >= 11 is 0. The first kappa shape index (κ1) is 30.0. The van der Waals surface area contributed by atoms with Gasteiger partial charge in [0.2, 0.25) is 11.8 Å². The van der Waals surface area contributed by atoms with Crippen molar-refractivity contribution in [3.8, 4) is 0 Å². The van der Waals surface area contributed by atoms with Crippen molar-refractivity contribution < 1.29 is 33.4 Å². The number of hydrogen-bond acceptors (Lipinski definition) is 10. The van der Waals surface area contributed by atoms with E-state index >= 15 is 0 Å². The third kappa shape index (κ3) is 7.32. The number of nitrogens with two attached hydrogens (primary N) is 1. The standard InChI is InChI=1S/C30H34N6O7/c31-18-43-14-13-42-12-11-41-10-9-32-24-15-19-3-1-2-4-23(19)34-27(24)29(39)33-21-6-5-20-17-36(30(40)22(20)16-21)25-7-8-26(37)35-28(25)38/h1-6,15-16,25,32H,7-14,17-18,31H2,(H,33,39)(H,35,37,38). The van der Waals surface area contributed by atoms with Crippen molar-refractivity contribution in [3.05, 3.63) is 65.4 Å². The number of imide groups is 1. The molecule has 226 valence electrons. The van der Waals surface area contributed by atoms with Gasteiger partial charge in [-0.1, -0.05) is 24.3 Å². The summed E-state index contributed by atoms with van der Waals surface area (Å²) < 4.78 is 16.0.